The maximum absolute atomic E-state index is 12.6. The van der Waals surface area contributed by atoms with Crippen molar-refractivity contribution in [2.75, 3.05) is 6.54 Å². The molecule has 0 unspecified atom stereocenters. The van der Waals surface area contributed by atoms with E-state index in [0.29, 0.717) is 24.4 Å². The molecule has 4 heteroatoms. The summed E-state index contributed by atoms with van der Waals surface area (Å²) in [6.45, 7) is 14.0. The van der Waals surface area contributed by atoms with Crippen LogP contribution in [0.25, 0.3) is 0 Å². The van der Waals surface area contributed by atoms with E-state index < -0.39 is 5.41 Å². The standard InChI is InChI=1S/C20H35N3O/c1-15(2)10-11-20(19(21)24,18-9-7-8-13-22-18)12-14-23(16(3)4)17(5)6/h7-9,13,15-17H,10-12,14H2,1-6H3,(H2,21,24)/t20-/m1/s1. The third-order valence-electron chi connectivity index (χ3n) is 4.90. The molecule has 0 aliphatic heterocycles. The maximum atomic E-state index is 12.6. The number of carbonyl (C=O) groups is 1. The Bertz CT molecular complexity index is 491. The average Bonchev–Trinajstić information content (AvgIpc) is 2.50. The van der Waals surface area contributed by atoms with E-state index >= 15 is 0 Å². The Morgan fingerprint density at radius 2 is 1.75 bits per heavy atom. The molecule has 0 aliphatic rings. The van der Waals surface area contributed by atoms with Crippen LogP contribution < -0.4 is 5.73 Å². The lowest BCUT2D eigenvalue weighted by atomic mass is 9.74. The summed E-state index contributed by atoms with van der Waals surface area (Å²) in [4.78, 5) is 19.5. The minimum Gasteiger partial charge on any atom is -0.369 e. The topological polar surface area (TPSA) is 59.2 Å². The van der Waals surface area contributed by atoms with Crippen LogP contribution in [-0.2, 0) is 10.2 Å². The Morgan fingerprint density at radius 1 is 1.12 bits per heavy atom. The summed E-state index contributed by atoms with van der Waals surface area (Å²) >= 11 is 0. The van der Waals surface area contributed by atoms with E-state index in [1.54, 1.807) is 6.20 Å². The van der Waals surface area contributed by atoms with Gasteiger partial charge in [0.1, 0.15) is 0 Å². The van der Waals surface area contributed by atoms with Crippen LogP contribution in [0.1, 0.15) is 66.5 Å². The van der Waals surface area contributed by atoms with Gasteiger partial charge in [-0.05, 0) is 65.0 Å². The summed E-state index contributed by atoms with van der Waals surface area (Å²) < 4.78 is 0. The molecule has 0 spiro atoms. The molecule has 0 saturated heterocycles. The quantitative estimate of drug-likeness (QED) is 0.709. The fraction of sp³-hybridized carbons (Fsp3) is 0.700. The number of pyridine rings is 1. The van der Waals surface area contributed by atoms with Crippen molar-refractivity contribution in [1.82, 2.24) is 9.88 Å². The summed E-state index contributed by atoms with van der Waals surface area (Å²) in [5, 5.41) is 0. The van der Waals surface area contributed by atoms with Gasteiger partial charge >= 0.3 is 0 Å². The van der Waals surface area contributed by atoms with Crippen LogP contribution in [0, 0.1) is 5.92 Å². The Hall–Kier alpha value is -1.42. The first-order valence-corrected chi connectivity index (χ1v) is 9.18. The minimum atomic E-state index is -0.687. The van der Waals surface area contributed by atoms with E-state index in [-0.39, 0.29) is 5.91 Å². The molecule has 1 heterocycles. The second-order valence-electron chi connectivity index (χ2n) is 7.77. The van der Waals surface area contributed by atoms with Crippen LogP contribution in [0.3, 0.4) is 0 Å². The van der Waals surface area contributed by atoms with Crippen LogP contribution in [0.15, 0.2) is 24.4 Å². The third-order valence-corrected chi connectivity index (χ3v) is 4.90. The van der Waals surface area contributed by atoms with Crippen molar-refractivity contribution in [3.63, 3.8) is 0 Å². The fourth-order valence-electron chi connectivity index (χ4n) is 3.37. The molecule has 136 valence electrons. The van der Waals surface area contributed by atoms with E-state index in [1.807, 2.05) is 18.2 Å². The summed E-state index contributed by atoms with van der Waals surface area (Å²) in [6, 6.07) is 6.64. The predicted octanol–water partition coefficient (Wildman–Crippen LogP) is 3.75. The molecule has 0 fully saturated rings. The van der Waals surface area contributed by atoms with Gasteiger partial charge in [-0.1, -0.05) is 19.9 Å². The van der Waals surface area contributed by atoms with Gasteiger partial charge in [-0.15, -0.1) is 0 Å². The van der Waals surface area contributed by atoms with Gasteiger partial charge in [0.2, 0.25) is 5.91 Å². The van der Waals surface area contributed by atoms with Crippen molar-refractivity contribution in [3.05, 3.63) is 30.1 Å². The Labute approximate surface area is 147 Å². The normalized spacial score (nSPS) is 14.6. The summed E-state index contributed by atoms with van der Waals surface area (Å²) in [6.07, 6.45) is 4.18. The molecular formula is C20H35N3O. The Morgan fingerprint density at radius 3 is 2.17 bits per heavy atom. The second-order valence-corrected chi connectivity index (χ2v) is 7.77. The first-order valence-electron chi connectivity index (χ1n) is 9.18. The Kier molecular flexibility index (Phi) is 7.88. The van der Waals surface area contributed by atoms with E-state index in [2.05, 4.69) is 51.4 Å². The fourth-order valence-corrected chi connectivity index (χ4v) is 3.37. The van der Waals surface area contributed by atoms with Crippen LogP contribution in [0.5, 0.6) is 0 Å². The molecule has 1 rings (SSSR count). The molecule has 4 nitrogen and oxygen atoms in total. The minimum absolute atomic E-state index is 0.255. The number of amides is 1. The van der Waals surface area contributed by atoms with Gasteiger partial charge in [-0.2, -0.15) is 0 Å². The highest BCUT2D eigenvalue weighted by Crippen LogP contribution is 2.34. The van der Waals surface area contributed by atoms with Gasteiger partial charge in [-0.3, -0.25) is 14.7 Å². The molecule has 0 radical (unpaired) electrons. The SMILES string of the molecule is CC(C)CC[C@](CCN(C(C)C)C(C)C)(C(N)=O)c1ccccn1. The summed E-state index contributed by atoms with van der Waals surface area (Å²) in [7, 11) is 0. The number of rotatable bonds is 10. The van der Waals surface area contributed by atoms with Gasteiger partial charge in [0, 0.05) is 24.8 Å². The number of hydrogen-bond acceptors (Lipinski definition) is 3. The highest BCUT2D eigenvalue weighted by molar-refractivity contribution is 5.86. The van der Waals surface area contributed by atoms with Crippen molar-refractivity contribution in [3.8, 4) is 0 Å². The summed E-state index contributed by atoms with van der Waals surface area (Å²) in [5.41, 5.74) is 6.05. The zero-order valence-corrected chi connectivity index (χ0v) is 16.2. The zero-order chi connectivity index (χ0) is 18.3. The maximum Gasteiger partial charge on any atom is 0.229 e. The van der Waals surface area contributed by atoms with Gasteiger partial charge in [0.15, 0.2) is 0 Å². The number of primary amides is 1. The molecule has 0 aromatic carbocycles. The Balaban J connectivity index is 3.13. The van der Waals surface area contributed by atoms with Crippen LogP contribution >= 0.6 is 0 Å². The van der Waals surface area contributed by atoms with Crippen LogP contribution in [-0.4, -0.2) is 34.4 Å². The number of hydrogen-bond donors (Lipinski definition) is 1. The van der Waals surface area contributed by atoms with Gasteiger partial charge in [0.25, 0.3) is 0 Å². The zero-order valence-electron chi connectivity index (χ0n) is 16.2. The first kappa shape index (κ1) is 20.6. The largest absolute Gasteiger partial charge is 0.369 e. The van der Waals surface area contributed by atoms with Crippen LogP contribution in [0.4, 0.5) is 0 Å². The number of aromatic nitrogens is 1. The first-order chi connectivity index (χ1) is 11.2. The summed E-state index contributed by atoms with van der Waals surface area (Å²) in [5.74, 6) is 0.271. The molecule has 1 atom stereocenters. The predicted molar refractivity (Wildman–Crippen MR) is 101 cm³/mol. The van der Waals surface area contributed by atoms with Crippen molar-refractivity contribution in [2.24, 2.45) is 11.7 Å². The van der Waals surface area contributed by atoms with E-state index in [1.165, 1.54) is 0 Å². The molecule has 0 saturated carbocycles. The van der Waals surface area contributed by atoms with E-state index in [0.717, 1.165) is 25.1 Å². The number of nitrogens with two attached hydrogens (primary N) is 1. The lowest BCUT2D eigenvalue weighted by Crippen LogP contribution is -2.47. The number of carbonyl (C=O) groups excluding carboxylic acids is 1. The van der Waals surface area contributed by atoms with Crippen molar-refractivity contribution >= 4 is 5.91 Å². The smallest absolute Gasteiger partial charge is 0.229 e. The molecule has 0 bridgehead atoms. The lowest BCUT2D eigenvalue weighted by molar-refractivity contribution is -0.124. The molecule has 1 amide bonds. The van der Waals surface area contributed by atoms with E-state index in [9.17, 15) is 4.79 Å². The van der Waals surface area contributed by atoms with Gasteiger partial charge in [-0.25, -0.2) is 0 Å². The monoisotopic (exact) mass is 333 g/mol. The van der Waals surface area contributed by atoms with Crippen molar-refractivity contribution in [1.29, 1.82) is 0 Å². The molecule has 24 heavy (non-hydrogen) atoms. The molecule has 1 aromatic heterocycles. The van der Waals surface area contributed by atoms with Crippen molar-refractivity contribution in [2.45, 2.75) is 78.3 Å². The van der Waals surface area contributed by atoms with E-state index in [4.69, 9.17) is 5.73 Å². The van der Waals surface area contributed by atoms with Crippen molar-refractivity contribution < 1.29 is 4.79 Å². The molecule has 0 aliphatic carbocycles. The lowest BCUT2D eigenvalue weighted by Gasteiger charge is -2.36. The van der Waals surface area contributed by atoms with Crippen LogP contribution in [0.2, 0.25) is 0 Å². The average molecular weight is 334 g/mol. The highest BCUT2D eigenvalue weighted by Gasteiger charge is 2.40. The number of nitrogens with zero attached hydrogens (tertiary/aromatic N) is 2. The van der Waals surface area contributed by atoms with Gasteiger partial charge < -0.3 is 5.73 Å². The molecule has 2 N–H and O–H groups in total. The molecule has 1 aromatic rings. The molecular weight excluding hydrogens is 298 g/mol. The third kappa shape index (κ3) is 5.30. The van der Waals surface area contributed by atoms with Gasteiger partial charge in [0.05, 0.1) is 11.1 Å². The second kappa shape index (κ2) is 9.16. The highest BCUT2D eigenvalue weighted by atomic mass is 16.1.